The van der Waals surface area contributed by atoms with Gasteiger partial charge in [-0.05, 0) is 72.5 Å². The highest BCUT2D eigenvalue weighted by atomic mass is 35.5. The van der Waals surface area contributed by atoms with Crippen molar-refractivity contribution >= 4 is 39.9 Å². The highest BCUT2D eigenvalue weighted by Crippen LogP contribution is 2.30. The average molecular weight is 446 g/mol. The van der Waals surface area contributed by atoms with E-state index in [1.807, 2.05) is 37.3 Å². The number of hydrogen-bond donors (Lipinski definition) is 1. The lowest BCUT2D eigenvalue weighted by Gasteiger charge is -2.19. The van der Waals surface area contributed by atoms with Crippen molar-refractivity contribution in [1.82, 2.24) is 0 Å². The normalized spacial score (nSPS) is 11.5. The summed E-state index contributed by atoms with van der Waals surface area (Å²) in [6.07, 6.45) is 0. The van der Waals surface area contributed by atoms with Crippen LogP contribution in [0.5, 0.6) is 0 Å². The van der Waals surface area contributed by atoms with E-state index in [9.17, 15) is 9.59 Å². The Morgan fingerprint density at radius 2 is 1.50 bits per heavy atom. The van der Waals surface area contributed by atoms with Crippen LogP contribution < -0.4 is 5.32 Å². The van der Waals surface area contributed by atoms with Gasteiger partial charge >= 0.3 is 0 Å². The molecule has 1 aromatic heterocycles. The van der Waals surface area contributed by atoms with Crippen LogP contribution in [0.1, 0.15) is 58.4 Å². The van der Waals surface area contributed by atoms with Crippen molar-refractivity contribution in [3.63, 3.8) is 0 Å². The van der Waals surface area contributed by atoms with E-state index in [1.54, 1.807) is 36.4 Å². The van der Waals surface area contributed by atoms with Crippen LogP contribution in [0.3, 0.4) is 0 Å². The molecule has 4 rings (SSSR count). The van der Waals surface area contributed by atoms with Crippen molar-refractivity contribution < 1.29 is 14.0 Å². The maximum Gasteiger partial charge on any atom is 0.255 e. The summed E-state index contributed by atoms with van der Waals surface area (Å²) in [4.78, 5) is 25.6. The largest absolute Gasteiger partial charge is 0.452 e. The first-order chi connectivity index (χ1) is 15.1. The quantitative estimate of drug-likeness (QED) is 0.338. The van der Waals surface area contributed by atoms with Crippen molar-refractivity contribution in [2.75, 3.05) is 5.32 Å². The monoisotopic (exact) mass is 445 g/mol. The van der Waals surface area contributed by atoms with Crippen LogP contribution in [0.25, 0.3) is 11.0 Å². The summed E-state index contributed by atoms with van der Waals surface area (Å²) in [6, 6.07) is 19.7. The van der Waals surface area contributed by atoms with Gasteiger partial charge in [-0.1, -0.05) is 44.5 Å². The smallest absolute Gasteiger partial charge is 0.255 e. The zero-order chi connectivity index (χ0) is 23.0. The first-order valence-corrected chi connectivity index (χ1v) is 10.8. The summed E-state index contributed by atoms with van der Waals surface area (Å²) in [5.41, 5.74) is 4.24. The molecule has 0 aliphatic carbocycles. The number of rotatable bonds is 4. The van der Waals surface area contributed by atoms with E-state index in [2.05, 4.69) is 26.1 Å². The van der Waals surface area contributed by atoms with Gasteiger partial charge in [0.2, 0.25) is 5.78 Å². The Morgan fingerprint density at radius 3 is 2.12 bits per heavy atom. The molecule has 4 aromatic rings. The summed E-state index contributed by atoms with van der Waals surface area (Å²) < 4.78 is 5.84. The van der Waals surface area contributed by atoms with E-state index in [-0.39, 0.29) is 22.9 Å². The van der Waals surface area contributed by atoms with Gasteiger partial charge in [0.15, 0.2) is 5.76 Å². The van der Waals surface area contributed by atoms with Crippen molar-refractivity contribution in [3.8, 4) is 0 Å². The second-order valence-electron chi connectivity index (χ2n) is 8.88. The summed E-state index contributed by atoms with van der Waals surface area (Å²) >= 11 is 5.92. The van der Waals surface area contributed by atoms with E-state index >= 15 is 0 Å². The number of nitrogens with one attached hydrogen (secondary N) is 1. The van der Waals surface area contributed by atoms with Gasteiger partial charge in [-0.25, -0.2) is 0 Å². The second-order valence-corrected chi connectivity index (χ2v) is 9.32. The van der Waals surface area contributed by atoms with Crippen LogP contribution in [0.2, 0.25) is 5.02 Å². The van der Waals surface area contributed by atoms with Gasteiger partial charge in [-0.2, -0.15) is 0 Å². The highest BCUT2D eigenvalue weighted by molar-refractivity contribution is 6.30. The summed E-state index contributed by atoms with van der Waals surface area (Å²) in [7, 11) is 0. The highest BCUT2D eigenvalue weighted by Gasteiger charge is 2.20. The first kappa shape index (κ1) is 21.8. The third kappa shape index (κ3) is 4.32. The van der Waals surface area contributed by atoms with Crippen molar-refractivity contribution in [3.05, 3.63) is 99.8 Å². The van der Waals surface area contributed by atoms with E-state index in [0.29, 0.717) is 27.4 Å². The van der Waals surface area contributed by atoms with Gasteiger partial charge < -0.3 is 9.73 Å². The molecule has 0 saturated carbocycles. The number of carbonyl (C=O) groups excluding carboxylic acids is 2. The SMILES string of the molecule is Cc1c(C(=O)c2ccc(Cl)cc2)oc2ccc(NC(=O)c3ccc(C(C)(C)C)cc3)cc12. The van der Waals surface area contributed by atoms with Gasteiger partial charge in [0.25, 0.3) is 5.91 Å². The number of fused-ring (bicyclic) bond motifs is 1. The van der Waals surface area contributed by atoms with Gasteiger partial charge in [0.05, 0.1) is 0 Å². The lowest BCUT2D eigenvalue weighted by atomic mass is 9.87. The third-order valence-electron chi connectivity index (χ3n) is 5.52. The maximum atomic E-state index is 12.9. The molecule has 1 heterocycles. The number of carbonyl (C=O) groups is 2. The zero-order valence-electron chi connectivity index (χ0n) is 18.5. The lowest BCUT2D eigenvalue weighted by molar-refractivity contribution is 0.101. The molecular weight excluding hydrogens is 422 g/mol. The Labute approximate surface area is 192 Å². The number of hydrogen-bond acceptors (Lipinski definition) is 3. The second kappa shape index (κ2) is 8.29. The number of ketones is 1. The Balaban J connectivity index is 1.58. The molecule has 0 saturated heterocycles. The van der Waals surface area contributed by atoms with Crippen LogP contribution in [-0.4, -0.2) is 11.7 Å². The van der Waals surface area contributed by atoms with Gasteiger partial charge in [0.1, 0.15) is 5.58 Å². The fourth-order valence-corrected chi connectivity index (χ4v) is 3.70. The minimum atomic E-state index is -0.208. The Kier molecular flexibility index (Phi) is 5.66. The number of amides is 1. The molecule has 0 aliphatic heterocycles. The molecule has 4 nitrogen and oxygen atoms in total. The Morgan fingerprint density at radius 1 is 0.875 bits per heavy atom. The molecule has 1 amide bonds. The fraction of sp³-hybridized carbons (Fsp3) is 0.185. The average Bonchev–Trinajstić information content (AvgIpc) is 3.09. The molecule has 162 valence electrons. The molecule has 3 aromatic carbocycles. The topological polar surface area (TPSA) is 59.3 Å². The molecule has 0 aliphatic rings. The lowest BCUT2D eigenvalue weighted by Crippen LogP contribution is -2.14. The molecule has 5 heteroatoms. The molecule has 1 N–H and O–H groups in total. The van der Waals surface area contributed by atoms with Gasteiger partial charge in [0, 0.05) is 32.8 Å². The third-order valence-corrected chi connectivity index (χ3v) is 5.77. The Hall–Kier alpha value is -3.37. The number of benzene rings is 3. The van der Waals surface area contributed by atoms with Crippen LogP contribution in [0, 0.1) is 6.92 Å². The molecule has 0 radical (unpaired) electrons. The molecule has 0 bridgehead atoms. The van der Waals surface area contributed by atoms with Crippen LogP contribution in [0.4, 0.5) is 5.69 Å². The van der Waals surface area contributed by atoms with E-state index in [4.69, 9.17) is 16.0 Å². The molecule has 0 fully saturated rings. The summed E-state index contributed by atoms with van der Waals surface area (Å²) in [5, 5.41) is 4.28. The molecular formula is C27H24ClNO3. The van der Waals surface area contributed by atoms with Crippen molar-refractivity contribution in [2.45, 2.75) is 33.1 Å². The maximum absolute atomic E-state index is 12.9. The standard InChI is InChI=1S/C27H24ClNO3/c1-16-22-15-21(29-26(31)18-5-9-19(10-6-18)27(2,3)4)13-14-23(22)32-25(16)24(30)17-7-11-20(28)12-8-17/h5-15H,1-4H3,(H,29,31). The predicted molar refractivity (Wildman–Crippen MR) is 129 cm³/mol. The number of halogens is 1. The number of aryl methyl sites for hydroxylation is 1. The molecule has 0 unspecified atom stereocenters. The minimum Gasteiger partial charge on any atom is -0.452 e. The van der Waals surface area contributed by atoms with Crippen LogP contribution in [-0.2, 0) is 5.41 Å². The van der Waals surface area contributed by atoms with Gasteiger partial charge in [-0.3, -0.25) is 9.59 Å². The van der Waals surface area contributed by atoms with Crippen molar-refractivity contribution in [1.29, 1.82) is 0 Å². The van der Waals surface area contributed by atoms with Crippen LogP contribution >= 0.6 is 11.6 Å². The summed E-state index contributed by atoms with van der Waals surface area (Å²) in [5.74, 6) is -0.119. The van der Waals surface area contributed by atoms with Crippen molar-refractivity contribution in [2.24, 2.45) is 0 Å². The van der Waals surface area contributed by atoms with E-state index in [0.717, 1.165) is 10.9 Å². The van der Waals surface area contributed by atoms with Crippen LogP contribution in [0.15, 0.2) is 71.1 Å². The first-order valence-electron chi connectivity index (χ1n) is 10.4. The number of furan rings is 1. The Bertz CT molecular complexity index is 1310. The molecule has 0 spiro atoms. The predicted octanol–water partition coefficient (Wildman–Crippen LogP) is 7.18. The number of anilines is 1. The minimum absolute atomic E-state index is 0.0278. The summed E-state index contributed by atoms with van der Waals surface area (Å²) in [6.45, 7) is 8.25. The fourth-order valence-electron chi connectivity index (χ4n) is 3.57. The molecule has 32 heavy (non-hydrogen) atoms. The van der Waals surface area contributed by atoms with Gasteiger partial charge in [-0.15, -0.1) is 0 Å². The van der Waals surface area contributed by atoms with E-state index in [1.165, 1.54) is 5.56 Å². The zero-order valence-corrected chi connectivity index (χ0v) is 19.2. The van der Waals surface area contributed by atoms with E-state index < -0.39 is 0 Å². The molecule has 0 atom stereocenters.